The second-order valence-electron chi connectivity index (χ2n) is 9.45. The number of carbonyl (C=O) groups is 2. The Morgan fingerprint density at radius 2 is 1.85 bits per heavy atom. The Kier molecular flexibility index (Phi) is 9.12. The van der Waals surface area contributed by atoms with Crippen LogP contribution >= 0.6 is 22.6 Å². The van der Waals surface area contributed by atoms with Crippen LogP contribution in [0, 0.1) is 3.57 Å². The fourth-order valence-electron chi connectivity index (χ4n) is 3.34. The average molecular weight is 642 g/mol. The number of esters is 1. The highest BCUT2D eigenvalue weighted by Gasteiger charge is 2.28. The number of pyridine rings is 1. The van der Waals surface area contributed by atoms with Gasteiger partial charge < -0.3 is 24.1 Å². The summed E-state index contributed by atoms with van der Waals surface area (Å²) in [5, 5.41) is 6.59. The number of amides is 1. The molecule has 2 aromatic heterocycles. The summed E-state index contributed by atoms with van der Waals surface area (Å²) >= 11 is 2.17. The Hall–Kier alpha value is -4.00. The molecule has 1 N–H and O–H groups in total. The molecular formula is C28H27IN4O6. The monoisotopic (exact) mass is 642 g/mol. The number of aromatic nitrogens is 3. The summed E-state index contributed by atoms with van der Waals surface area (Å²) < 4.78 is 23.0. The molecule has 0 bridgehead atoms. The molecule has 39 heavy (non-hydrogen) atoms. The molecule has 1 amide bonds. The van der Waals surface area contributed by atoms with Crippen LogP contribution in [0.5, 0.6) is 11.6 Å². The molecule has 0 saturated heterocycles. The standard InChI is InChI=1S/C28H27IN4O6/c1-28(2,3)38-27(35)31-22(26(34)36-17-18-8-5-4-6-9-18)15-24-32-25(33-39-24)19-10-7-11-21(14-19)37-23-13-12-20(29)16-30-23/h4-14,16,22H,15,17H2,1-3H3,(H,31,35)/t22-/m0/s1. The van der Waals surface area contributed by atoms with Gasteiger partial charge in [-0.2, -0.15) is 4.98 Å². The van der Waals surface area contributed by atoms with E-state index in [1.54, 1.807) is 57.3 Å². The third kappa shape index (κ3) is 8.77. The maximum Gasteiger partial charge on any atom is 0.408 e. The van der Waals surface area contributed by atoms with E-state index in [9.17, 15) is 9.59 Å². The van der Waals surface area contributed by atoms with Gasteiger partial charge in [0.25, 0.3) is 0 Å². The predicted octanol–water partition coefficient (Wildman–Crippen LogP) is 5.71. The number of alkyl carbamates (subject to hydrolysis) is 1. The first-order valence-electron chi connectivity index (χ1n) is 12.1. The summed E-state index contributed by atoms with van der Waals surface area (Å²) in [7, 11) is 0. The topological polar surface area (TPSA) is 126 Å². The molecule has 0 unspecified atom stereocenters. The first-order valence-corrected chi connectivity index (χ1v) is 13.1. The molecular weight excluding hydrogens is 615 g/mol. The van der Waals surface area contributed by atoms with Crippen molar-refractivity contribution in [2.45, 2.75) is 45.4 Å². The number of carbonyl (C=O) groups excluding carboxylic acids is 2. The van der Waals surface area contributed by atoms with Crippen LogP contribution in [0.25, 0.3) is 11.4 Å². The lowest BCUT2D eigenvalue weighted by Gasteiger charge is -2.22. The number of benzene rings is 2. The minimum atomic E-state index is -1.11. The lowest BCUT2D eigenvalue weighted by Crippen LogP contribution is -2.45. The van der Waals surface area contributed by atoms with Crippen molar-refractivity contribution < 1.29 is 28.3 Å². The molecule has 0 aliphatic heterocycles. The zero-order valence-electron chi connectivity index (χ0n) is 21.6. The molecule has 10 nitrogen and oxygen atoms in total. The zero-order chi connectivity index (χ0) is 27.8. The average Bonchev–Trinajstić information content (AvgIpc) is 3.37. The molecule has 2 heterocycles. The third-order valence-electron chi connectivity index (χ3n) is 5.06. The molecule has 0 radical (unpaired) electrons. The van der Waals surface area contributed by atoms with Crippen molar-refractivity contribution in [2.75, 3.05) is 0 Å². The first kappa shape index (κ1) is 28.0. The van der Waals surface area contributed by atoms with E-state index in [0.29, 0.717) is 23.0 Å². The smallest absolute Gasteiger partial charge is 0.408 e. The summed E-state index contributed by atoms with van der Waals surface area (Å²) in [6, 6.07) is 18.9. The summed E-state index contributed by atoms with van der Waals surface area (Å²) in [6.07, 6.45) is 0.846. The molecule has 0 saturated carbocycles. The Morgan fingerprint density at radius 1 is 1.05 bits per heavy atom. The first-order chi connectivity index (χ1) is 18.6. The van der Waals surface area contributed by atoms with Gasteiger partial charge in [0, 0.05) is 21.4 Å². The number of halogens is 1. The number of rotatable bonds is 9. The Bertz CT molecular complexity index is 1400. The molecule has 0 aliphatic rings. The normalized spacial score (nSPS) is 11.9. The van der Waals surface area contributed by atoms with E-state index in [1.807, 2.05) is 36.4 Å². The number of nitrogens with one attached hydrogen (secondary N) is 1. The fraction of sp³-hybridized carbons (Fsp3) is 0.250. The van der Waals surface area contributed by atoms with E-state index in [1.165, 1.54) is 0 Å². The van der Waals surface area contributed by atoms with Gasteiger partial charge in [0.15, 0.2) is 0 Å². The predicted molar refractivity (Wildman–Crippen MR) is 150 cm³/mol. The SMILES string of the molecule is CC(C)(C)OC(=O)N[C@@H](Cc1nc(-c2cccc(Oc3ccc(I)cn3)c2)no1)C(=O)OCc1ccccc1. The number of ether oxygens (including phenoxy) is 3. The van der Waals surface area contributed by atoms with Gasteiger partial charge in [0.2, 0.25) is 17.6 Å². The lowest BCUT2D eigenvalue weighted by atomic mass is 10.2. The molecule has 0 fully saturated rings. The molecule has 1 atom stereocenters. The molecule has 2 aromatic carbocycles. The minimum absolute atomic E-state index is 0.0451. The van der Waals surface area contributed by atoms with E-state index < -0.39 is 23.7 Å². The molecule has 4 aromatic rings. The third-order valence-corrected chi connectivity index (χ3v) is 5.70. The maximum atomic E-state index is 12.9. The number of hydrogen-bond acceptors (Lipinski definition) is 9. The Morgan fingerprint density at radius 3 is 2.56 bits per heavy atom. The van der Waals surface area contributed by atoms with Crippen LogP contribution in [0.2, 0.25) is 0 Å². The van der Waals surface area contributed by atoms with Crippen LogP contribution in [0.1, 0.15) is 32.2 Å². The van der Waals surface area contributed by atoms with Gasteiger partial charge in [-0.15, -0.1) is 0 Å². The van der Waals surface area contributed by atoms with Crippen molar-refractivity contribution in [1.29, 1.82) is 0 Å². The molecule has 0 spiro atoms. The van der Waals surface area contributed by atoms with Gasteiger partial charge in [-0.05, 0) is 67.1 Å². The van der Waals surface area contributed by atoms with E-state index in [2.05, 4.69) is 43.0 Å². The number of hydrogen-bond donors (Lipinski definition) is 1. The van der Waals surface area contributed by atoms with Crippen molar-refractivity contribution in [3.05, 3.63) is 88.0 Å². The van der Waals surface area contributed by atoms with E-state index in [0.717, 1.165) is 9.13 Å². The zero-order valence-corrected chi connectivity index (χ0v) is 23.7. The highest BCUT2D eigenvalue weighted by atomic mass is 127. The maximum absolute atomic E-state index is 12.9. The second-order valence-corrected chi connectivity index (χ2v) is 10.7. The largest absolute Gasteiger partial charge is 0.459 e. The second kappa shape index (κ2) is 12.7. The van der Waals surface area contributed by atoms with Crippen molar-refractivity contribution in [3.8, 4) is 23.0 Å². The van der Waals surface area contributed by atoms with E-state index in [4.69, 9.17) is 18.7 Å². The number of nitrogens with zero attached hydrogens (tertiary/aromatic N) is 3. The Labute approximate surface area is 239 Å². The summed E-state index contributed by atoms with van der Waals surface area (Å²) in [5.74, 6) is 0.755. The molecule has 0 aliphatic carbocycles. The van der Waals surface area contributed by atoms with Crippen LogP contribution in [-0.2, 0) is 27.3 Å². The highest BCUT2D eigenvalue weighted by Crippen LogP contribution is 2.25. The van der Waals surface area contributed by atoms with Crippen LogP contribution in [0.15, 0.2) is 77.4 Å². The fourth-order valence-corrected chi connectivity index (χ4v) is 3.66. The van der Waals surface area contributed by atoms with Crippen molar-refractivity contribution in [2.24, 2.45) is 0 Å². The van der Waals surface area contributed by atoms with Gasteiger partial charge in [0.1, 0.15) is 24.0 Å². The molecule has 4 rings (SSSR count). The highest BCUT2D eigenvalue weighted by molar-refractivity contribution is 14.1. The van der Waals surface area contributed by atoms with Crippen LogP contribution < -0.4 is 10.1 Å². The quantitative estimate of drug-likeness (QED) is 0.181. The van der Waals surface area contributed by atoms with Crippen LogP contribution in [-0.4, -0.2) is 38.8 Å². The minimum Gasteiger partial charge on any atom is -0.459 e. The van der Waals surface area contributed by atoms with Crippen LogP contribution in [0.3, 0.4) is 0 Å². The summed E-state index contributed by atoms with van der Waals surface area (Å²) in [6.45, 7) is 5.23. The van der Waals surface area contributed by atoms with Gasteiger partial charge >= 0.3 is 12.1 Å². The van der Waals surface area contributed by atoms with Gasteiger partial charge in [-0.25, -0.2) is 14.6 Å². The summed E-state index contributed by atoms with van der Waals surface area (Å²) in [5.41, 5.74) is 0.696. The molecule has 11 heteroatoms. The summed E-state index contributed by atoms with van der Waals surface area (Å²) in [4.78, 5) is 34.0. The van der Waals surface area contributed by atoms with Crippen molar-refractivity contribution in [1.82, 2.24) is 20.4 Å². The van der Waals surface area contributed by atoms with E-state index >= 15 is 0 Å². The molecule has 202 valence electrons. The van der Waals surface area contributed by atoms with Crippen molar-refractivity contribution >= 4 is 34.7 Å². The van der Waals surface area contributed by atoms with Crippen molar-refractivity contribution in [3.63, 3.8) is 0 Å². The Balaban J connectivity index is 1.47. The van der Waals surface area contributed by atoms with Gasteiger partial charge in [-0.3, -0.25) is 0 Å². The van der Waals surface area contributed by atoms with Crippen LogP contribution in [0.4, 0.5) is 4.79 Å². The van der Waals surface area contributed by atoms with Gasteiger partial charge in [0.05, 0.1) is 6.42 Å². The van der Waals surface area contributed by atoms with Gasteiger partial charge in [-0.1, -0.05) is 47.6 Å². The lowest BCUT2D eigenvalue weighted by molar-refractivity contribution is -0.147. The van der Waals surface area contributed by atoms with E-state index in [-0.39, 0.29) is 18.9 Å².